The number of Topliss-reactive ketones (excluding diaryl/α,β-unsaturated/α-hetero) is 1. The third-order valence-electron chi connectivity index (χ3n) is 4.53. The third kappa shape index (κ3) is 9.88. The zero-order valence-electron chi connectivity index (χ0n) is 18.1. The Bertz CT molecular complexity index is 628. The summed E-state index contributed by atoms with van der Waals surface area (Å²) in [5.41, 5.74) is 0.852. The summed E-state index contributed by atoms with van der Waals surface area (Å²) in [6.45, 7) is 9.48. The van der Waals surface area contributed by atoms with Crippen molar-refractivity contribution >= 4 is 11.9 Å². The van der Waals surface area contributed by atoms with E-state index in [1.807, 2.05) is 24.3 Å². The first-order valence-corrected chi connectivity index (χ1v) is 10.4. The normalized spacial score (nSPS) is 11.9. The zero-order chi connectivity index (χ0) is 21.2. The molecule has 0 heterocycles. The van der Waals surface area contributed by atoms with E-state index in [0.29, 0.717) is 0 Å². The van der Waals surface area contributed by atoms with Gasteiger partial charge in [0.1, 0.15) is 5.60 Å². The Morgan fingerprint density at radius 1 is 1.04 bits per heavy atom. The molecule has 1 rings (SSSR count). The van der Waals surface area contributed by atoms with Gasteiger partial charge in [-0.25, -0.2) is 4.79 Å². The Morgan fingerprint density at radius 3 is 2.21 bits per heavy atom. The molecule has 0 saturated carbocycles. The van der Waals surface area contributed by atoms with Crippen molar-refractivity contribution in [3.05, 3.63) is 35.4 Å². The number of ketones is 1. The van der Waals surface area contributed by atoms with Crippen LogP contribution in [0.1, 0.15) is 77.8 Å². The van der Waals surface area contributed by atoms with Crippen LogP contribution in [0.3, 0.4) is 0 Å². The molecule has 0 spiro atoms. The van der Waals surface area contributed by atoms with E-state index >= 15 is 0 Å². The number of hydrogen-bond donors (Lipinski definition) is 2. The number of rotatable bonds is 11. The van der Waals surface area contributed by atoms with Gasteiger partial charge in [0, 0.05) is 6.42 Å². The highest BCUT2D eigenvalue weighted by Gasteiger charge is 2.24. The lowest BCUT2D eigenvalue weighted by atomic mass is 9.86. The van der Waals surface area contributed by atoms with Gasteiger partial charge in [-0.05, 0) is 57.6 Å². The molecule has 0 radical (unpaired) electrons. The van der Waals surface area contributed by atoms with Crippen LogP contribution in [-0.4, -0.2) is 34.7 Å². The molecule has 1 aromatic rings. The molecule has 1 aromatic carbocycles. The minimum atomic E-state index is -0.605. The molecule has 5 nitrogen and oxygen atoms in total. The highest BCUT2D eigenvalue weighted by Crippen LogP contribution is 2.25. The molecule has 2 N–H and O–H groups in total. The van der Waals surface area contributed by atoms with Crippen LogP contribution in [0, 0.1) is 0 Å². The third-order valence-corrected chi connectivity index (χ3v) is 4.53. The lowest BCUT2D eigenvalue weighted by molar-refractivity contribution is -0.117. The fourth-order valence-electron chi connectivity index (χ4n) is 3.35. The number of hydrogen-bond acceptors (Lipinski definition) is 4. The van der Waals surface area contributed by atoms with Crippen molar-refractivity contribution in [2.45, 2.75) is 90.8 Å². The van der Waals surface area contributed by atoms with E-state index < -0.39 is 17.3 Å². The van der Waals surface area contributed by atoms with E-state index in [1.54, 1.807) is 20.8 Å². The van der Waals surface area contributed by atoms with Crippen LogP contribution in [0.5, 0.6) is 0 Å². The Labute approximate surface area is 169 Å². The summed E-state index contributed by atoms with van der Waals surface area (Å²) in [5.74, 6) is -0.0727. The molecule has 0 bridgehead atoms. The van der Waals surface area contributed by atoms with E-state index in [-0.39, 0.29) is 18.7 Å². The molecule has 1 amide bonds. The minimum absolute atomic E-state index is 0.0497. The van der Waals surface area contributed by atoms with Gasteiger partial charge >= 0.3 is 6.09 Å². The average Bonchev–Trinajstić information content (AvgIpc) is 2.58. The number of aryl methyl sites for hydroxylation is 1. The van der Waals surface area contributed by atoms with Crippen molar-refractivity contribution < 1.29 is 19.4 Å². The summed E-state index contributed by atoms with van der Waals surface area (Å²) in [7, 11) is 0. The molecule has 0 unspecified atom stereocenters. The fourth-order valence-corrected chi connectivity index (χ4v) is 3.35. The van der Waals surface area contributed by atoms with Crippen LogP contribution in [0.25, 0.3) is 0 Å². The smallest absolute Gasteiger partial charge is 0.408 e. The van der Waals surface area contributed by atoms with Crippen LogP contribution in [0.4, 0.5) is 4.79 Å². The molecule has 5 heteroatoms. The van der Waals surface area contributed by atoms with Crippen molar-refractivity contribution in [3.8, 4) is 0 Å². The summed E-state index contributed by atoms with van der Waals surface area (Å²) >= 11 is 0. The highest BCUT2D eigenvalue weighted by atomic mass is 16.6. The van der Waals surface area contributed by atoms with Gasteiger partial charge in [0.25, 0.3) is 0 Å². The quantitative estimate of drug-likeness (QED) is 0.579. The van der Waals surface area contributed by atoms with Crippen LogP contribution < -0.4 is 5.32 Å². The Balaban J connectivity index is 2.56. The second-order valence-electron chi connectivity index (χ2n) is 8.62. The zero-order valence-corrected chi connectivity index (χ0v) is 18.1. The summed E-state index contributed by atoms with van der Waals surface area (Å²) < 4.78 is 5.13. The van der Waals surface area contributed by atoms with Crippen molar-refractivity contribution in [1.29, 1.82) is 0 Å². The van der Waals surface area contributed by atoms with Crippen LogP contribution in [0.2, 0.25) is 0 Å². The predicted molar refractivity (Wildman–Crippen MR) is 112 cm³/mol. The van der Waals surface area contributed by atoms with Crippen molar-refractivity contribution in [2.75, 3.05) is 6.54 Å². The number of nitrogens with one attached hydrogen (secondary N) is 1. The second-order valence-corrected chi connectivity index (χ2v) is 8.62. The molecule has 28 heavy (non-hydrogen) atoms. The van der Waals surface area contributed by atoms with E-state index in [0.717, 1.165) is 49.7 Å². The van der Waals surface area contributed by atoms with E-state index in [9.17, 15) is 14.7 Å². The lowest BCUT2D eigenvalue weighted by Gasteiger charge is -2.27. The van der Waals surface area contributed by atoms with Gasteiger partial charge < -0.3 is 15.2 Å². The second kappa shape index (κ2) is 11.2. The van der Waals surface area contributed by atoms with Crippen LogP contribution in [-0.2, 0) is 22.4 Å². The molecule has 0 aliphatic rings. The maximum Gasteiger partial charge on any atom is 0.408 e. The van der Waals surface area contributed by atoms with E-state index in [2.05, 4.69) is 19.2 Å². The Kier molecular flexibility index (Phi) is 9.66. The molecule has 0 saturated heterocycles. The topological polar surface area (TPSA) is 75.6 Å². The summed E-state index contributed by atoms with van der Waals surface area (Å²) in [6.07, 6.45) is 4.76. The first kappa shape index (κ1) is 24.2. The number of carbonyl (C=O) groups excluding carboxylic acids is 2. The first-order chi connectivity index (χ1) is 13.1. The number of amides is 1. The van der Waals surface area contributed by atoms with E-state index in [4.69, 9.17) is 4.74 Å². The van der Waals surface area contributed by atoms with Crippen LogP contribution >= 0.6 is 0 Å². The molecular formula is C23H37NO4. The maximum atomic E-state index is 12.2. The Morgan fingerprint density at radius 2 is 1.64 bits per heavy atom. The van der Waals surface area contributed by atoms with Crippen molar-refractivity contribution in [3.63, 3.8) is 0 Å². The molecule has 0 atom stereocenters. The van der Waals surface area contributed by atoms with Crippen molar-refractivity contribution in [1.82, 2.24) is 5.32 Å². The van der Waals surface area contributed by atoms with Crippen molar-refractivity contribution in [2.24, 2.45) is 0 Å². The van der Waals surface area contributed by atoms with Gasteiger partial charge in [-0.2, -0.15) is 0 Å². The fraction of sp³-hybridized carbons (Fsp3) is 0.652. The van der Waals surface area contributed by atoms with E-state index in [1.165, 1.54) is 0 Å². The number of ether oxygens (including phenoxy) is 1. The number of alkyl carbamates (subject to hydrolysis) is 1. The maximum absolute atomic E-state index is 12.2. The SMILES string of the molecule is CCCC(O)(CCC)CCc1cccc(CC(=O)CNC(=O)OC(C)(C)C)c1. The van der Waals surface area contributed by atoms with Gasteiger partial charge in [0.2, 0.25) is 0 Å². The summed E-state index contributed by atoms with van der Waals surface area (Å²) in [6, 6.07) is 7.91. The van der Waals surface area contributed by atoms with Gasteiger partial charge in [-0.3, -0.25) is 4.79 Å². The number of carbonyl (C=O) groups is 2. The van der Waals surface area contributed by atoms with Gasteiger partial charge in [-0.15, -0.1) is 0 Å². The van der Waals surface area contributed by atoms with Gasteiger partial charge in [0.15, 0.2) is 5.78 Å². The summed E-state index contributed by atoms with van der Waals surface area (Å²) in [5, 5.41) is 13.3. The molecular weight excluding hydrogens is 354 g/mol. The Hall–Kier alpha value is -1.88. The van der Waals surface area contributed by atoms with Gasteiger partial charge in [-0.1, -0.05) is 51.0 Å². The molecule has 0 aliphatic carbocycles. The summed E-state index contributed by atoms with van der Waals surface area (Å²) in [4.78, 5) is 23.8. The number of aliphatic hydroxyl groups is 1. The average molecular weight is 392 g/mol. The largest absolute Gasteiger partial charge is 0.444 e. The lowest BCUT2D eigenvalue weighted by Crippen LogP contribution is -2.35. The molecule has 0 aromatic heterocycles. The molecule has 0 fully saturated rings. The number of benzene rings is 1. The monoisotopic (exact) mass is 391 g/mol. The predicted octanol–water partition coefficient (Wildman–Crippen LogP) is 4.59. The minimum Gasteiger partial charge on any atom is -0.444 e. The highest BCUT2D eigenvalue weighted by molar-refractivity contribution is 5.85. The van der Waals surface area contributed by atoms with Gasteiger partial charge in [0.05, 0.1) is 12.1 Å². The first-order valence-electron chi connectivity index (χ1n) is 10.4. The standard InChI is InChI=1S/C23H37NO4/c1-6-12-23(27,13-7-2)14-11-18-9-8-10-19(15-18)16-20(25)17-24-21(26)28-22(3,4)5/h8-10,15,27H,6-7,11-14,16-17H2,1-5H3,(H,24,26). The van der Waals surface area contributed by atoms with Crippen LogP contribution in [0.15, 0.2) is 24.3 Å². The molecule has 0 aliphatic heterocycles. The molecule has 158 valence electrons.